The Morgan fingerprint density at radius 3 is 2.09 bits per heavy atom. The maximum absolute atomic E-state index is 4.57. The molecule has 35 heavy (non-hydrogen) atoms. The van der Waals surface area contributed by atoms with E-state index in [0.717, 1.165) is 17.9 Å². The summed E-state index contributed by atoms with van der Waals surface area (Å²) in [6.45, 7) is 25.9. The second-order valence-corrected chi connectivity index (χ2v) is 10.6. The smallest absolute Gasteiger partial charge is 0.00276 e. The summed E-state index contributed by atoms with van der Waals surface area (Å²) >= 11 is 0. The first kappa shape index (κ1) is 30.5. The zero-order valence-electron chi connectivity index (χ0n) is 24.1. The maximum atomic E-state index is 4.57. The van der Waals surface area contributed by atoms with Gasteiger partial charge in [-0.05, 0) is 114 Å². The van der Waals surface area contributed by atoms with Crippen molar-refractivity contribution >= 4 is 5.57 Å². The molecular formula is C34H51N. The van der Waals surface area contributed by atoms with Crippen molar-refractivity contribution < 1.29 is 0 Å². The van der Waals surface area contributed by atoms with Crippen molar-refractivity contribution in [1.29, 1.82) is 0 Å². The molecular weight excluding hydrogens is 422 g/mol. The fourth-order valence-electron chi connectivity index (χ4n) is 4.75. The van der Waals surface area contributed by atoms with Crippen LogP contribution in [0.2, 0.25) is 0 Å². The Hall–Kier alpha value is -2.54. The van der Waals surface area contributed by atoms with Gasteiger partial charge < -0.3 is 5.32 Å². The molecule has 1 N–H and O–H groups in total. The Morgan fingerprint density at radius 2 is 1.63 bits per heavy atom. The lowest BCUT2D eigenvalue weighted by molar-refractivity contribution is 0.319. The highest BCUT2D eigenvalue weighted by molar-refractivity contribution is 5.76. The molecule has 0 saturated heterocycles. The Kier molecular flexibility index (Phi) is 13.5. The molecule has 0 spiro atoms. The van der Waals surface area contributed by atoms with E-state index in [1.807, 2.05) is 20.2 Å². The predicted molar refractivity (Wildman–Crippen MR) is 160 cm³/mol. The van der Waals surface area contributed by atoms with Gasteiger partial charge in [0.1, 0.15) is 0 Å². The van der Waals surface area contributed by atoms with Crippen LogP contribution >= 0.6 is 0 Å². The van der Waals surface area contributed by atoms with E-state index in [9.17, 15) is 0 Å². The van der Waals surface area contributed by atoms with Gasteiger partial charge in [-0.1, -0.05) is 91.6 Å². The van der Waals surface area contributed by atoms with Crippen LogP contribution < -0.4 is 5.32 Å². The molecule has 0 heterocycles. The maximum Gasteiger partial charge on any atom is 0.00276 e. The Bertz CT molecular complexity index is 968. The summed E-state index contributed by atoms with van der Waals surface area (Å²) in [6, 6.07) is 6.84. The van der Waals surface area contributed by atoms with Gasteiger partial charge >= 0.3 is 0 Å². The summed E-state index contributed by atoms with van der Waals surface area (Å²) < 4.78 is 0. The molecule has 192 valence electrons. The average Bonchev–Trinajstić information content (AvgIpc) is 2.78. The normalized spacial score (nSPS) is 18.8. The zero-order valence-corrected chi connectivity index (χ0v) is 24.1. The van der Waals surface area contributed by atoms with Gasteiger partial charge in [-0.3, -0.25) is 0 Å². The van der Waals surface area contributed by atoms with Crippen LogP contribution in [-0.4, -0.2) is 7.05 Å². The molecule has 1 fully saturated rings. The highest BCUT2D eigenvalue weighted by atomic mass is 14.8. The quantitative estimate of drug-likeness (QED) is 0.292. The monoisotopic (exact) mass is 473 g/mol. The molecule has 0 aliphatic heterocycles. The van der Waals surface area contributed by atoms with Crippen LogP contribution in [0.5, 0.6) is 0 Å². The predicted octanol–water partition coefficient (Wildman–Crippen LogP) is 10.1. The van der Waals surface area contributed by atoms with E-state index >= 15 is 0 Å². The van der Waals surface area contributed by atoms with Gasteiger partial charge in [-0.2, -0.15) is 0 Å². The average molecular weight is 474 g/mol. The molecule has 1 aliphatic rings. The fourth-order valence-corrected chi connectivity index (χ4v) is 4.75. The van der Waals surface area contributed by atoms with Crippen LogP contribution in [0.4, 0.5) is 0 Å². The third-order valence-electron chi connectivity index (χ3n) is 6.88. The molecule has 2 rings (SSSR count). The van der Waals surface area contributed by atoms with Crippen molar-refractivity contribution in [3.63, 3.8) is 0 Å². The first-order chi connectivity index (χ1) is 16.5. The third-order valence-corrected chi connectivity index (χ3v) is 6.88. The molecule has 1 heteroatoms. The minimum Gasteiger partial charge on any atom is -0.394 e. The van der Waals surface area contributed by atoms with Gasteiger partial charge in [0, 0.05) is 7.05 Å². The van der Waals surface area contributed by atoms with Gasteiger partial charge in [0.2, 0.25) is 0 Å². The minimum absolute atomic E-state index is 0.666. The standard InChI is InChI=1S/C29H40.C5H11N/c1-9-26(14-10-20(2)3)25(8)29(28-17-13-22(5)18-24(28)7)19-23(6)27-15-11-21(4)12-16-27;1-5(2)4-6-3/h9-10,13-14,17-18,21,27H,2,6,11-12,15-16,19H2,1,3-5,7-8H3;4,6H,1-3H3/b14-10-,26-9+,29-25-;. The van der Waals surface area contributed by atoms with E-state index in [2.05, 4.69) is 103 Å². The second kappa shape index (κ2) is 15.5. The summed E-state index contributed by atoms with van der Waals surface area (Å²) in [7, 11) is 1.90. The molecule has 0 aromatic heterocycles. The minimum atomic E-state index is 0.666. The van der Waals surface area contributed by atoms with Crippen LogP contribution in [0.1, 0.15) is 90.3 Å². The SMILES string of the molecule is C=C(C)\C=C/C(=C\C)C(/C)=C(/CC(=C)C1CCC(C)CC1)c1ccc(C)cc1C.CNC=C(C)C. The van der Waals surface area contributed by atoms with Crippen molar-refractivity contribution in [2.24, 2.45) is 11.8 Å². The molecule has 1 saturated carbocycles. The number of hydrogen-bond acceptors (Lipinski definition) is 1. The van der Waals surface area contributed by atoms with E-state index in [4.69, 9.17) is 0 Å². The Labute approximate surface area is 217 Å². The van der Waals surface area contributed by atoms with E-state index < -0.39 is 0 Å². The molecule has 0 radical (unpaired) electrons. The van der Waals surface area contributed by atoms with Gasteiger partial charge in [-0.15, -0.1) is 0 Å². The molecule has 0 amide bonds. The molecule has 0 unspecified atom stereocenters. The fraction of sp³-hybridized carbons (Fsp3) is 0.471. The number of aryl methyl sites for hydroxylation is 2. The largest absolute Gasteiger partial charge is 0.394 e. The van der Waals surface area contributed by atoms with Crippen molar-refractivity contribution in [1.82, 2.24) is 5.32 Å². The van der Waals surface area contributed by atoms with E-state index in [1.165, 1.54) is 70.2 Å². The third kappa shape index (κ3) is 10.7. The molecule has 1 aromatic carbocycles. The van der Waals surface area contributed by atoms with Gasteiger partial charge in [0.25, 0.3) is 0 Å². The Morgan fingerprint density at radius 1 is 1.00 bits per heavy atom. The van der Waals surface area contributed by atoms with Crippen molar-refractivity contribution in [2.75, 3.05) is 7.05 Å². The number of rotatable bonds is 8. The summed E-state index contributed by atoms with van der Waals surface area (Å²) in [5.41, 5.74) is 11.9. The van der Waals surface area contributed by atoms with Gasteiger partial charge in [-0.25, -0.2) is 0 Å². The lowest BCUT2D eigenvalue weighted by atomic mass is 9.76. The summed E-state index contributed by atoms with van der Waals surface area (Å²) in [5, 5.41) is 2.91. The lowest BCUT2D eigenvalue weighted by Crippen LogP contribution is -2.14. The highest BCUT2D eigenvalue weighted by Crippen LogP contribution is 2.39. The first-order valence-corrected chi connectivity index (χ1v) is 13.3. The topological polar surface area (TPSA) is 12.0 Å². The molecule has 1 nitrogen and oxygen atoms in total. The van der Waals surface area contributed by atoms with E-state index in [1.54, 1.807) is 0 Å². The molecule has 0 bridgehead atoms. The van der Waals surface area contributed by atoms with Crippen LogP contribution in [0.15, 0.2) is 83.7 Å². The Balaban J connectivity index is 0.000000905. The highest BCUT2D eigenvalue weighted by Gasteiger charge is 2.22. The summed E-state index contributed by atoms with van der Waals surface area (Å²) in [6.07, 6.45) is 14.7. The van der Waals surface area contributed by atoms with E-state index in [0.29, 0.717) is 5.92 Å². The number of allylic oxidation sites excluding steroid dienone is 9. The van der Waals surface area contributed by atoms with E-state index in [-0.39, 0.29) is 0 Å². The summed E-state index contributed by atoms with van der Waals surface area (Å²) in [4.78, 5) is 0. The van der Waals surface area contributed by atoms with Gasteiger partial charge in [0.15, 0.2) is 0 Å². The van der Waals surface area contributed by atoms with Crippen LogP contribution in [0.25, 0.3) is 5.57 Å². The zero-order chi connectivity index (χ0) is 26.5. The number of benzene rings is 1. The molecule has 1 aliphatic carbocycles. The van der Waals surface area contributed by atoms with Crippen LogP contribution in [0.3, 0.4) is 0 Å². The number of hydrogen-bond donors (Lipinski definition) is 1. The molecule has 1 aromatic rings. The molecule has 0 atom stereocenters. The lowest BCUT2D eigenvalue weighted by Gasteiger charge is -2.29. The van der Waals surface area contributed by atoms with Gasteiger partial charge in [0.05, 0.1) is 0 Å². The summed E-state index contributed by atoms with van der Waals surface area (Å²) in [5.74, 6) is 1.54. The first-order valence-electron chi connectivity index (χ1n) is 13.3. The van der Waals surface area contributed by atoms with Crippen molar-refractivity contribution in [3.05, 3.63) is 100 Å². The van der Waals surface area contributed by atoms with Crippen LogP contribution in [0, 0.1) is 25.7 Å². The number of nitrogens with one attached hydrogen (secondary N) is 1. The van der Waals surface area contributed by atoms with Crippen LogP contribution in [-0.2, 0) is 0 Å². The van der Waals surface area contributed by atoms with Crippen molar-refractivity contribution in [2.45, 2.75) is 87.5 Å². The van der Waals surface area contributed by atoms with Crippen molar-refractivity contribution in [3.8, 4) is 0 Å². The second-order valence-electron chi connectivity index (χ2n) is 10.6.